The molecule has 25 heavy (non-hydrogen) atoms. The van der Waals surface area contributed by atoms with Crippen molar-refractivity contribution in [1.82, 2.24) is 5.32 Å². The summed E-state index contributed by atoms with van der Waals surface area (Å²) in [4.78, 5) is 15.0. The smallest absolute Gasteiger partial charge is 0.249 e. The van der Waals surface area contributed by atoms with Crippen molar-refractivity contribution in [3.8, 4) is 0 Å². The zero-order valence-corrected chi connectivity index (χ0v) is 14.7. The molecular formula is C19H20N2O3S. The number of carbonyl (C=O) groups excluding carboxylic acids is 1. The predicted octanol–water partition coefficient (Wildman–Crippen LogP) is 1.84. The highest BCUT2D eigenvalue weighted by atomic mass is 32.2. The average Bonchev–Trinajstić information content (AvgIpc) is 2.88. The molecule has 0 bridgehead atoms. The molecule has 1 amide bonds. The van der Waals surface area contributed by atoms with E-state index in [1.54, 1.807) is 4.90 Å². The van der Waals surface area contributed by atoms with E-state index >= 15 is 0 Å². The van der Waals surface area contributed by atoms with Crippen LogP contribution in [0.3, 0.4) is 0 Å². The lowest BCUT2D eigenvalue weighted by Gasteiger charge is -2.41. The molecule has 130 valence electrons. The number of hydrogen-bond acceptors (Lipinski definition) is 4. The van der Waals surface area contributed by atoms with Crippen molar-refractivity contribution in [2.75, 3.05) is 16.4 Å². The standard InChI is InChI=1S/C19H20N2O3S/c1-13-6-5-9-15(10-13)21-17-12-25(23,24)11-16(17)20-18(19(21)22)14-7-3-2-4-8-14/h2-10,16-18,20H,11-12H2,1H3/t16-,17+,18+/m1/s1. The van der Waals surface area contributed by atoms with Crippen LogP contribution in [-0.4, -0.2) is 37.9 Å². The van der Waals surface area contributed by atoms with Crippen LogP contribution in [0.2, 0.25) is 0 Å². The van der Waals surface area contributed by atoms with Crippen molar-refractivity contribution in [2.45, 2.75) is 25.0 Å². The monoisotopic (exact) mass is 356 g/mol. The largest absolute Gasteiger partial charge is 0.305 e. The van der Waals surface area contributed by atoms with Gasteiger partial charge in [0.15, 0.2) is 9.84 Å². The van der Waals surface area contributed by atoms with E-state index in [1.165, 1.54) is 0 Å². The molecular weight excluding hydrogens is 336 g/mol. The minimum atomic E-state index is -3.17. The number of carbonyl (C=O) groups is 1. The Bertz CT molecular complexity index is 911. The molecule has 0 unspecified atom stereocenters. The first-order valence-electron chi connectivity index (χ1n) is 8.36. The lowest BCUT2D eigenvalue weighted by molar-refractivity contribution is -0.122. The van der Waals surface area contributed by atoms with E-state index in [-0.39, 0.29) is 29.5 Å². The summed E-state index contributed by atoms with van der Waals surface area (Å²) < 4.78 is 24.4. The predicted molar refractivity (Wildman–Crippen MR) is 97.2 cm³/mol. The van der Waals surface area contributed by atoms with Gasteiger partial charge in [0, 0.05) is 11.7 Å². The minimum absolute atomic E-state index is 0.00581. The summed E-state index contributed by atoms with van der Waals surface area (Å²) in [7, 11) is -3.17. The molecule has 1 N–H and O–H groups in total. The summed E-state index contributed by atoms with van der Waals surface area (Å²) in [6.07, 6.45) is 0. The number of fused-ring (bicyclic) bond motifs is 1. The first-order valence-corrected chi connectivity index (χ1v) is 10.2. The van der Waals surface area contributed by atoms with Gasteiger partial charge in [-0.25, -0.2) is 8.42 Å². The Labute approximate surface area is 147 Å². The minimum Gasteiger partial charge on any atom is -0.305 e. The van der Waals surface area contributed by atoms with Gasteiger partial charge >= 0.3 is 0 Å². The maximum Gasteiger partial charge on any atom is 0.249 e. The van der Waals surface area contributed by atoms with Crippen molar-refractivity contribution in [3.63, 3.8) is 0 Å². The first-order chi connectivity index (χ1) is 11.9. The Balaban J connectivity index is 1.79. The molecule has 2 saturated heterocycles. The van der Waals surface area contributed by atoms with E-state index in [1.807, 2.05) is 61.5 Å². The number of anilines is 1. The molecule has 0 saturated carbocycles. The highest BCUT2D eigenvalue weighted by Gasteiger charge is 2.49. The number of benzene rings is 2. The van der Waals surface area contributed by atoms with Crippen molar-refractivity contribution in [1.29, 1.82) is 0 Å². The summed E-state index contributed by atoms with van der Waals surface area (Å²) in [5.74, 6) is -0.0298. The Morgan fingerprint density at radius 3 is 2.52 bits per heavy atom. The van der Waals surface area contributed by atoms with Gasteiger partial charge in [-0.2, -0.15) is 0 Å². The molecule has 0 radical (unpaired) electrons. The van der Waals surface area contributed by atoms with E-state index in [4.69, 9.17) is 0 Å². The topological polar surface area (TPSA) is 66.5 Å². The zero-order valence-electron chi connectivity index (χ0n) is 13.9. The third-order valence-electron chi connectivity index (χ3n) is 4.93. The van der Waals surface area contributed by atoms with Gasteiger partial charge in [-0.1, -0.05) is 42.5 Å². The van der Waals surface area contributed by atoms with Gasteiger partial charge < -0.3 is 4.90 Å². The van der Waals surface area contributed by atoms with Crippen LogP contribution in [0, 0.1) is 6.92 Å². The van der Waals surface area contributed by atoms with Gasteiger partial charge in [-0.3, -0.25) is 10.1 Å². The molecule has 0 spiro atoms. The molecule has 2 aromatic rings. The number of piperazine rings is 1. The molecule has 0 aromatic heterocycles. The number of aryl methyl sites for hydroxylation is 1. The summed E-state index contributed by atoms with van der Waals surface area (Å²) in [6.45, 7) is 1.97. The second-order valence-corrected chi connectivity index (χ2v) is 8.96. The average molecular weight is 356 g/mol. The van der Waals surface area contributed by atoms with Gasteiger partial charge in [-0.05, 0) is 30.2 Å². The van der Waals surface area contributed by atoms with E-state index in [2.05, 4.69) is 5.32 Å². The van der Waals surface area contributed by atoms with Crippen LogP contribution in [0.5, 0.6) is 0 Å². The van der Waals surface area contributed by atoms with Crippen LogP contribution in [0.25, 0.3) is 0 Å². The second-order valence-electron chi connectivity index (χ2n) is 6.81. The zero-order chi connectivity index (χ0) is 17.6. The highest BCUT2D eigenvalue weighted by Crippen LogP contribution is 2.33. The fraction of sp³-hybridized carbons (Fsp3) is 0.316. The maximum absolute atomic E-state index is 13.3. The summed E-state index contributed by atoms with van der Waals surface area (Å²) in [5, 5.41) is 3.28. The Morgan fingerprint density at radius 1 is 1.04 bits per heavy atom. The van der Waals surface area contributed by atoms with Gasteiger partial charge in [0.1, 0.15) is 6.04 Å². The molecule has 5 nitrogen and oxygen atoms in total. The van der Waals surface area contributed by atoms with E-state index < -0.39 is 15.9 Å². The van der Waals surface area contributed by atoms with E-state index in [0.29, 0.717) is 0 Å². The summed E-state index contributed by atoms with van der Waals surface area (Å²) in [6, 6.07) is 16.0. The van der Waals surface area contributed by atoms with E-state index in [9.17, 15) is 13.2 Å². The molecule has 2 fully saturated rings. The first kappa shape index (κ1) is 16.3. The van der Waals surface area contributed by atoms with Crippen LogP contribution >= 0.6 is 0 Å². The van der Waals surface area contributed by atoms with Gasteiger partial charge in [0.2, 0.25) is 5.91 Å². The van der Waals surface area contributed by atoms with E-state index in [0.717, 1.165) is 16.8 Å². The van der Waals surface area contributed by atoms with Crippen LogP contribution in [0.1, 0.15) is 17.2 Å². The van der Waals surface area contributed by atoms with Crippen molar-refractivity contribution >= 4 is 21.4 Å². The van der Waals surface area contributed by atoms with Crippen LogP contribution in [0.15, 0.2) is 54.6 Å². The van der Waals surface area contributed by atoms with Crippen molar-refractivity contribution in [3.05, 3.63) is 65.7 Å². The molecule has 2 aliphatic rings. The molecule has 2 heterocycles. The molecule has 2 aliphatic heterocycles. The molecule has 6 heteroatoms. The molecule has 0 aliphatic carbocycles. The quantitative estimate of drug-likeness (QED) is 0.892. The fourth-order valence-corrected chi connectivity index (χ4v) is 5.71. The SMILES string of the molecule is Cc1cccc(N2C(=O)[C@H](c3ccccc3)N[C@@H]3CS(=O)(=O)C[C@@H]32)c1. The summed E-state index contributed by atoms with van der Waals surface area (Å²) >= 11 is 0. The summed E-state index contributed by atoms with van der Waals surface area (Å²) in [5.41, 5.74) is 2.66. The number of sulfone groups is 1. The number of nitrogens with one attached hydrogen (secondary N) is 1. The van der Waals surface area contributed by atoms with Crippen LogP contribution < -0.4 is 10.2 Å². The molecule has 2 aromatic carbocycles. The highest BCUT2D eigenvalue weighted by molar-refractivity contribution is 7.91. The third kappa shape index (κ3) is 2.96. The van der Waals surface area contributed by atoms with Gasteiger partial charge in [0.05, 0.1) is 17.5 Å². The number of hydrogen-bond donors (Lipinski definition) is 1. The second kappa shape index (κ2) is 5.97. The fourth-order valence-electron chi connectivity index (χ4n) is 3.81. The van der Waals surface area contributed by atoms with Gasteiger partial charge in [-0.15, -0.1) is 0 Å². The number of rotatable bonds is 2. The van der Waals surface area contributed by atoms with Crippen LogP contribution in [0.4, 0.5) is 5.69 Å². The van der Waals surface area contributed by atoms with Crippen molar-refractivity contribution < 1.29 is 13.2 Å². The third-order valence-corrected chi connectivity index (χ3v) is 6.65. The normalized spacial score (nSPS) is 28.0. The molecule has 4 rings (SSSR count). The number of nitrogens with zero attached hydrogens (tertiary/aromatic N) is 1. The lowest BCUT2D eigenvalue weighted by Crippen LogP contribution is -2.61. The van der Waals surface area contributed by atoms with Crippen molar-refractivity contribution in [2.24, 2.45) is 0 Å². The maximum atomic E-state index is 13.3. The number of amides is 1. The Morgan fingerprint density at radius 2 is 1.80 bits per heavy atom. The van der Waals surface area contributed by atoms with Gasteiger partial charge in [0.25, 0.3) is 0 Å². The lowest BCUT2D eigenvalue weighted by atomic mass is 9.96. The Kier molecular flexibility index (Phi) is 3.89. The van der Waals surface area contributed by atoms with Crippen LogP contribution in [-0.2, 0) is 14.6 Å². The Hall–Kier alpha value is -2.18. The molecule has 3 atom stereocenters.